The van der Waals surface area contributed by atoms with Crippen LogP contribution in [0.5, 0.6) is 0 Å². The number of rotatable bonds is 7. The van der Waals surface area contributed by atoms with Crippen molar-refractivity contribution in [3.05, 3.63) is 43.0 Å². The van der Waals surface area contributed by atoms with Crippen LogP contribution in [0.1, 0.15) is 11.8 Å². The number of aliphatic hydroxyl groups is 3. The molecule has 1 heterocycles. The molecule has 122 valence electrons. The third kappa shape index (κ3) is 3.93. The Morgan fingerprint density at radius 1 is 1.41 bits per heavy atom. The van der Waals surface area contributed by atoms with E-state index in [9.17, 15) is 24.9 Å². The summed E-state index contributed by atoms with van der Waals surface area (Å²) in [5.74, 6) is 0. The van der Waals surface area contributed by atoms with Crippen molar-refractivity contribution in [2.75, 3.05) is 13.7 Å². The molecule has 0 aliphatic rings. The van der Waals surface area contributed by atoms with Gasteiger partial charge in [-0.2, -0.15) is 0 Å². The Labute approximate surface area is 124 Å². The molecule has 0 radical (unpaired) electrons. The molecule has 1 rings (SSSR count). The smallest absolute Gasteiger partial charge is 0.330 e. The second-order valence-corrected chi connectivity index (χ2v) is 4.57. The predicted octanol–water partition coefficient (Wildman–Crippen LogP) is -1.62. The molecule has 11 heteroatoms. The van der Waals surface area contributed by atoms with Gasteiger partial charge in [0.05, 0.1) is 12.6 Å². The van der Waals surface area contributed by atoms with Gasteiger partial charge in [0.25, 0.3) is 5.56 Å². The van der Waals surface area contributed by atoms with Crippen LogP contribution in [-0.4, -0.2) is 56.8 Å². The van der Waals surface area contributed by atoms with Crippen molar-refractivity contribution in [2.45, 2.75) is 31.5 Å². The van der Waals surface area contributed by atoms with E-state index in [1.54, 1.807) is 0 Å². The lowest BCUT2D eigenvalue weighted by Crippen LogP contribution is -2.47. The van der Waals surface area contributed by atoms with Crippen LogP contribution in [0.4, 0.5) is 0 Å². The molecule has 0 amide bonds. The number of hydrogen-bond acceptors (Lipinski definition) is 7. The Kier molecular flexibility index (Phi) is 6.28. The van der Waals surface area contributed by atoms with Gasteiger partial charge in [0.15, 0.2) is 6.23 Å². The maximum Gasteiger partial charge on any atom is 0.330 e. The molecular weight excluding hydrogens is 298 g/mol. The Morgan fingerprint density at radius 3 is 2.59 bits per heavy atom. The third-order valence-electron chi connectivity index (χ3n) is 3.03. The minimum atomic E-state index is -1.74. The Bertz CT molecular complexity index is 664. The molecule has 4 atom stereocenters. The summed E-state index contributed by atoms with van der Waals surface area (Å²) in [6.45, 7) is 0.978. The van der Waals surface area contributed by atoms with Crippen LogP contribution in [0.15, 0.2) is 20.9 Å². The van der Waals surface area contributed by atoms with E-state index in [2.05, 4.69) is 10.0 Å². The summed E-state index contributed by atoms with van der Waals surface area (Å²) in [6.07, 6.45) is -5.21. The number of methoxy groups -OCH3 is 1. The zero-order valence-electron chi connectivity index (χ0n) is 11.9. The van der Waals surface area contributed by atoms with E-state index in [1.807, 2.05) is 4.98 Å². The van der Waals surface area contributed by atoms with Gasteiger partial charge >= 0.3 is 5.69 Å². The maximum atomic E-state index is 11.8. The molecule has 0 fully saturated rings. The van der Waals surface area contributed by atoms with Crippen molar-refractivity contribution in [3.63, 3.8) is 0 Å². The van der Waals surface area contributed by atoms with Crippen LogP contribution in [0.25, 0.3) is 10.4 Å². The summed E-state index contributed by atoms with van der Waals surface area (Å²) >= 11 is 0. The summed E-state index contributed by atoms with van der Waals surface area (Å²) < 4.78 is 5.85. The van der Waals surface area contributed by atoms with Crippen LogP contribution < -0.4 is 11.2 Å². The van der Waals surface area contributed by atoms with E-state index in [0.717, 1.165) is 10.8 Å². The number of azide groups is 1. The van der Waals surface area contributed by atoms with E-state index in [1.165, 1.54) is 14.0 Å². The average molecular weight is 315 g/mol. The van der Waals surface area contributed by atoms with Gasteiger partial charge in [-0.1, -0.05) is 5.11 Å². The van der Waals surface area contributed by atoms with Gasteiger partial charge < -0.3 is 20.1 Å². The lowest BCUT2D eigenvalue weighted by Gasteiger charge is -2.29. The summed E-state index contributed by atoms with van der Waals surface area (Å²) in [4.78, 5) is 27.5. The normalized spacial score (nSPS) is 16.4. The van der Waals surface area contributed by atoms with Gasteiger partial charge in [0.1, 0.15) is 12.2 Å². The van der Waals surface area contributed by atoms with Gasteiger partial charge in [-0.25, -0.2) is 4.79 Å². The van der Waals surface area contributed by atoms with Crippen molar-refractivity contribution < 1.29 is 20.1 Å². The van der Waals surface area contributed by atoms with Crippen molar-refractivity contribution in [1.29, 1.82) is 0 Å². The van der Waals surface area contributed by atoms with E-state index < -0.39 is 42.3 Å². The largest absolute Gasteiger partial charge is 0.390 e. The number of nitrogens with zero attached hydrogens (tertiary/aromatic N) is 4. The molecule has 0 aliphatic heterocycles. The maximum absolute atomic E-state index is 11.8. The van der Waals surface area contributed by atoms with E-state index in [-0.39, 0.29) is 5.56 Å². The van der Waals surface area contributed by atoms with Crippen LogP contribution in [-0.2, 0) is 4.74 Å². The molecule has 0 bridgehead atoms. The number of nitrogens with one attached hydrogen (secondary N) is 1. The summed E-state index contributed by atoms with van der Waals surface area (Å²) in [5, 5.41) is 32.6. The van der Waals surface area contributed by atoms with Crippen molar-refractivity contribution >= 4 is 0 Å². The van der Waals surface area contributed by atoms with Crippen molar-refractivity contribution in [1.82, 2.24) is 9.55 Å². The summed E-state index contributed by atoms with van der Waals surface area (Å²) in [5.41, 5.74) is 6.92. The molecule has 0 spiro atoms. The fourth-order valence-electron chi connectivity index (χ4n) is 1.82. The molecule has 1 unspecified atom stereocenters. The second kappa shape index (κ2) is 7.73. The molecule has 4 N–H and O–H groups in total. The number of aryl methyl sites for hydroxylation is 1. The Hall–Kier alpha value is -2.17. The fourth-order valence-corrected chi connectivity index (χ4v) is 1.82. The first-order chi connectivity index (χ1) is 10.3. The number of H-pyrrole nitrogens is 1. The van der Waals surface area contributed by atoms with Crippen molar-refractivity contribution in [3.8, 4) is 0 Å². The molecule has 0 saturated heterocycles. The predicted molar refractivity (Wildman–Crippen MR) is 74.1 cm³/mol. The number of aromatic amines is 1. The Balaban J connectivity index is 3.10. The van der Waals surface area contributed by atoms with Gasteiger partial charge in [-0.3, -0.25) is 14.3 Å². The highest BCUT2D eigenvalue weighted by molar-refractivity contribution is 5.02. The lowest BCUT2D eigenvalue weighted by molar-refractivity contribution is -0.138. The lowest BCUT2D eigenvalue weighted by atomic mass is 10.1. The second-order valence-electron chi connectivity index (χ2n) is 4.57. The van der Waals surface area contributed by atoms with Crippen LogP contribution >= 0.6 is 0 Å². The average Bonchev–Trinajstić information content (AvgIpc) is 2.49. The van der Waals surface area contributed by atoms with Crippen LogP contribution in [0.2, 0.25) is 0 Å². The molecule has 0 aromatic carbocycles. The minimum absolute atomic E-state index is 0.193. The molecule has 1 aromatic heterocycles. The first-order valence-corrected chi connectivity index (χ1v) is 6.23. The summed E-state index contributed by atoms with van der Waals surface area (Å²) in [7, 11) is 1.17. The van der Waals surface area contributed by atoms with Crippen LogP contribution in [0, 0.1) is 6.92 Å². The van der Waals surface area contributed by atoms with Crippen molar-refractivity contribution in [2.24, 2.45) is 5.11 Å². The molecular formula is C11H17N5O6. The number of hydrogen-bond donors (Lipinski definition) is 4. The third-order valence-corrected chi connectivity index (χ3v) is 3.03. The monoisotopic (exact) mass is 315 g/mol. The molecule has 0 aliphatic carbocycles. The Morgan fingerprint density at radius 2 is 2.05 bits per heavy atom. The highest BCUT2D eigenvalue weighted by Gasteiger charge is 2.33. The molecule has 0 saturated carbocycles. The minimum Gasteiger partial charge on any atom is -0.390 e. The standard InChI is InChI=1S/C11H17N5O6/c1-5-4-16(11(21)14-9(5)20)10(22-2)8(19)7(18)6(17)3-13-15-12/h4,6-8,10,17-19H,3H2,1-2H3,(H,14,20,21)/t6-,7-,8+,10?/m1/s1. The molecule has 11 nitrogen and oxygen atoms in total. The highest BCUT2D eigenvalue weighted by Crippen LogP contribution is 2.16. The highest BCUT2D eigenvalue weighted by atomic mass is 16.5. The molecule has 1 aromatic rings. The van der Waals surface area contributed by atoms with Crippen LogP contribution in [0.3, 0.4) is 0 Å². The first kappa shape index (κ1) is 17.9. The first-order valence-electron chi connectivity index (χ1n) is 6.23. The topological polar surface area (TPSA) is 174 Å². The number of ether oxygens (including phenoxy) is 1. The fraction of sp³-hybridized carbons (Fsp3) is 0.636. The van der Waals surface area contributed by atoms with E-state index in [4.69, 9.17) is 10.3 Å². The van der Waals surface area contributed by atoms with Gasteiger partial charge in [-0.05, 0) is 12.5 Å². The van der Waals surface area contributed by atoms with Gasteiger partial charge in [0, 0.05) is 23.8 Å². The quantitative estimate of drug-likeness (QED) is 0.267. The zero-order valence-corrected chi connectivity index (χ0v) is 11.9. The van der Waals surface area contributed by atoms with E-state index in [0.29, 0.717) is 0 Å². The molecule has 22 heavy (non-hydrogen) atoms. The van der Waals surface area contributed by atoms with E-state index >= 15 is 0 Å². The number of aliphatic hydroxyl groups excluding tert-OH is 3. The summed E-state index contributed by atoms with van der Waals surface area (Å²) in [6, 6.07) is 0. The zero-order chi connectivity index (χ0) is 16.9. The van der Waals surface area contributed by atoms with Gasteiger partial charge in [0.2, 0.25) is 0 Å². The van der Waals surface area contributed by atoms with Gasteiger partial charge in [-0.15, -0.1) is 0 Å². The SMILES string of the molecule is COC([C@@H](O)[C@H](O)[C@H](O)CN=[N+]=[N-])n1cc(C)c(=O)[nH]c1=O. The number of aromatic nitrogens is 2.